The van der Waals surface area contributed by atoms with Crippen LogP contribution in [0.15, 0.2) is 24.4 Å². The summed E-state index contributed by atoms with van der Waals surface area (Å²) in [5, 5.41) is 18.9. The smallest absolute Gasteiger partial charge is 0.414 e. The number of carbonyl (C=O) groups is 2. The molecule has 39 heavy (non-hydrogen) atoms. The first-order chi connectivity index (χ1) is 19.8. The lowest BCUT2D eigenvalue weighted by Crippen LogP contribution is -2.41. The fraction of sp³-hybridized carbons (Fsp3) is 0.462. The first-order valence-electron chi connectivity index (χ1n) is 14.2. The van der Waals surface area contributed by atoms with E-state index in [4.69, 9.17) is 13.6 Å². The van der Waals surface area contributed by atoms with E-state index in [0.29, 0.717) is 22.5 Å². The van der Waals surface area contributed by atoms with Crippen molar-refractivity contribution in [3.8, 4) is 0 Å². The SMILES string of the molecule is [2H]C([2H])([2H])n1nnc2c3cc(cc21)CO[C@@H]1CCC[C@H]1NC(=O)c1cnc2c(N(C)C(=O)OC(C)(C)C)cc(nn12)N3. The number of ether oxygens (including phenoxy) is 2. The second-order valence-corrected chi connectivity index (χ2v) is 10.8. The zero-order valence-electron chi connectivity index (χ0n) is 25.1. The van der Waals surface area contributed by atoms with Gasteiger partial charge in [0.05, 0.1) is 41.8 Å². The fourth-order valence-electron chi connectivity index (χ4n) is 4.98. The predicted molar refractivity (Wildman–Crippen MR) is 143 cm³/mol. The summed E-state index contributed by atoms with van der Waals surface area (Å²) >= 11 is 0. The predicted octanol–water partition coefficient (Wildman–Crippen LogP) is 3.31. The minimum absolute atomic E-state index is 0.169. The van der Waals surface area contributed by atoms with Gasteiger partial charge in [0.25, 0.3) is 5.91 Å². The topological polar surface area (TPSA) is 141 Å². The first-order valence-corrected chi connectivity index (χ1v) is 12.7. The van der Waals surface area contributed by atoms with E-state index in [0.717, 1.165) is 23.9 Å². The van der Waals surface area contributed by atoms with E-state index in [1.165, 1.54) is 15.6 Å². The van der Waals surface area contributed by atoms with Crippen LogP contribution in [0.25, 0.3) is 16.7 Å². The lowest BCUT2D eigenvalue weighted by atomic mass is 10.1. The minimum atomic E-state index is -2.56. The highest BCUT2D eigenvalue weighted by Crippen LogP contribution is 2.31. The van der Waals surface area contributed by atoms with Gasteiger partial charge >= 0.3 is 6.09 Å². The van der Waals surface area contributed by atoms with E-state index < -0.39 is 18.7 Å². The van der Waals surface area contributed by atoms with Crippen LogP contribution in [0.3, 0.4) is 0 Å². The molecule has 6 rings (SSSR count). The van der Waals surface area contributed by atoms with Crippen molar-refractivity contribution < 1.29 is 23.2 Å². The molecule has 2 aliphatic rings. The van der Waals surface area contributed by atoms with Gasteiger partial charge in [-0.2, -0.15) is 0 Å². The maximum atomic E-state index is 13.5. The highest BCUT2D eigenvalue weighted by atomic mass is 16.6. The Morgan fingerprint density at radius 3 is 2.92 bits per heavy atom. The number of nitrogens with one attached hydrogen (secondary N) is 2. The Labute approximate surface area is 228 Å². The summed E-state index contributed by atoms with van der Waals surface area (Å²) in [5.74, 6) is -0.143. The second-order valence-electron chi connectivity index (χ2n) is 10.8. The monoisotopic (exact) mass is 536 g/mol. The molecule has 13 nitrogen and oxygen atoms in total. The molecule has 1 aliphatic carbocycles. The molecule has 1 aliphatic heterocycles. The Balaban J connectivity index is 1.54. The quantitative estimate of drug-likeness (QED) is 0.375. The minimum Gasteiger partial charge on any atom is -0.443 e. The first kappa shape index (κ1) is 21.6. The molecule has 2 N–H and O–H groups in total. The van der Waals surface area contributed by atoms with E-state index >= 15 is 0 Å². The van der Waals surface area contributed by atoms with Crippen molar-refractivity contribution >= 4 is 45.9 Å². The number of imidazole rings is 1. The Bertz CT molecular complexity index is 1710. The molecule has 0 radical (unpaired) electrons. The number of fused-ring (bicyclic) bond motifs is 6. The Hall–Kier alpha value is -4.26. The number of hydrogen-bond donors (Lipinski definition) is 2. The van der Waals surface area contributed by atoms with Gasteiger partial charge in [0.15, 0.2) is 17.2 Å². The van der Waals surface area contributed by atoms with Gasteiger partial charge in [0.2, 0.25) is 0 Å². The molecule has 4 bridgehead atoms. The summed E-state index contributed by atoms with van der Waals surface area (Å²) in [6, 6.07) is 4.84. The van der Waals surface area contributed by atoms with Gasteiger partial charge in [0, 0.05) is 24.2 Å². The number of amides is 2. The van der Waals surface area contributed by atoms with Crippen molar-refractivity contribution in [1.82, 2.24) is 34.9 Å². The average molecular weight is 537 g/mol. The Kier molecular flexibility index (Phi) is 5.10. The molecule has 3 aromatic heterocycles. The molecule has 1 saturated carbocycles. The van der Waals surface area contributed by atoms with Gasteiger partial charge in [-0.25, -0.2) is 19.0 Å². The molecular weight excluding hydrogens is 502 g/mol. The van der Waals surface area contributed by atoms with Crippen molar-refractivity contribution in [3.63, 3.8) is 0 Å². The molecule has 2 amide bonds. The highest BCUT2D eigenvalue weighted by molar-refractivity contribution is 5.97. The van der Waals surface area contributed by atoms with Crippen LogP contribution >= 0.6 is 0 Å². The zero-order valence-corrected chi connectivity index (χ0v) is 22.1. The maximum absolute atomic E-state index is 13.5. The van der Waals surface area contributed by atoms with Crippen LogP contribution in [0.2, 0.25) is 0 Å². The fourth-order valence-corrected chi connectivity index (χ4v) is 4.98. The van der Waals surface area contributed by atoms with Crippen LogP contribution in [-0.2, 0) is 23.1 Å². The van der Waals surface area contributed by atoms with Gasteiger partial charge < -0.3 is 20.1 Å². The molecule has 0 unspecified atom stereocenters. The van der Waals surface area contributed by atoms with Gasteiger partial charge in [-0.15, -0.1) is 10.2 Å². The molecule has 1 aromatic carbocycles. The molecule has 204 valence electrons. The Morgan fingerprint density at radius 2 is 2.13 bits per heavy atom. The molecule has 4 aromatic rings. The third-order valence-corrected chi connectivity index (χ3v) is 6.82. The lowest BCUT2D eigenvalue weighted by Gasteiger charge is -2.25. The maximum Gasteiger partial charge on any atom is 0.414 e. The number of aromatic nitrogens is 6. The van der Waals surface area contributed by atoms with Crippen molar-refractivity contribution in [1.29, 1.82) is 0 Å². The molecule has 2 atom stereocenters. The highest BCUT2D eigenvalue weighted by Gasteiger charge is 2.32. The number of anilines is 3. The normalized spacial score (nSPS) is 20.9. The number of carbonyl (C=O) groups excluding carboxylic acids is 2. The largest absolute Gasteiger partial charge is 0.443 e. The summed E-state index contributed by atoms with van der Waals surface area (Å²) < 4.78 is 37.9. The van der Waals surface area contributed by atoms with E-state index in [2.05, 4.69) is 31.0 Å². The molecule has 1 fully saturated rings. The molecule has 0 saturated heterocycles. The summed E-state index contributed by atoms with van der Waals surface area (Å²) in [5.41, 5.74) is 1.71. The molecule has 4 heterocycles. The van der Waals surface area contributed by atoms with Gasteiger partial charge in [-0.3, -0.25) is 9.69 Å². The molecule has 0 spiro atoms. The number of aryl methyl sites for hydroxylation is 1. The van der Waals surface area contributed by atoms with E-state index in [1.807, 2.05) is 0 Å². The van der Waals surface area contributed by atoms with Crippen LogP contribution in [0.1, 0.15) is 60.2 Å². The van der Waals surface area contributed by atoms with Gasteiger partial charge in [0.1, 0.15) is 11.1 Å². The standard InChI is InChI=1S/C26H31N9O4/c1-26(2,3)39-25(37)33(4)18-11-21-28-16-9-14(10-17-22(16)30-32-34(17)5)13-38-20-8-6-7-15(20)29-24(36)19-12-27-23(18)35(19)31-21/h9-12,15,20H,6-8,13H2,1-5H3,(H,28,31)(H,29,36)/t15-,20-/m1/s1/i5D3. The van der Waals surface area contributed by atoms with Crippen molar-refractivity contribution in [3.05, 3.63) is 35.7 Å². The van der Waals surface area contributed by atoms with E-state index in [9.17, 15) is 9.59 Å². The van der Waals surface area contributed by atoms with Crippen LogP contribution in [0.5, 0.6) is 0 Å². The molecule has 13 heteroatoms. The van der Waals surface area contributed by atoms with Crippen LogP contribution in [0, 0.1) is 0 Å². The third kappa shape index (κ3) is 4.62. The van der Waals surface area contributed by atoms with Gasteiger partial charge in [-0.05, 0) is 57.7 Å². The van der Waals surface area contributed by atoms with Crippen molar-refractivity contribution in [2.24, 2.45) is 6.98 Å². The summed E-state index contributed by atoms with van der Waals surface area (Å²) in [7, 11) is 1.54. The summed E-state index contributed by atoms with van der Waals surface area (Å²) in [6.45, 7) is 2.91. The van der Waals surface area contributed by atoms with Crippen LogP contribution < -0.4 is 15.5 Å². The molecular formula is C26H31N9O4. The number of nitrogens with zero attached hydrogens (tertiary/aromatic N) is 7. The van der Waals surface area contributed by atoms with Crippen LogP contribution in [-0.4, -0.2) is 66.4 Å². The third-order valence-electron chi connectivity index (χ3n) is 6.82. The van der Waals surface area contributed by atoms with Crippen molar-refractivity contribution in [2.75, 3.05) is 17.3 Å². The van der Waals surface area contributed by atoms with Crippen molar-refractivity contribution in [2.45, 2.75) is 64.4 Å². The van der Waals surface area contributed by atoms with Crippen LogP contribution in [0.4, 0.5) is 22.0 Å². The van der Waals surface area contributed by atoms with E-state index in [1.54, 1.807) is 46.0 Å². The number of benzene rings is 1. The van der Waals surface area contributed by atoms with E-state index in [-0.39, 0.29) is 47.3 Å². The zero-order chi connectivity index (χ0) is 30.0. The second kappa shape index (κ2) is 9.19. The summed E-state index contributed by atoms with van der Waals surface area (Å²) in [6.07, 6.45) is 2.91. The number of hydrogen-bond acceptors (Lipinski definition) is 9. The average Bonchev–Trinajstić information content (AvgIpc) is 3.63. The summed E-state index contributed by atoms with van der Waals surface area (Å²) in [4.78, 5) is 32.3. The lowest BCUT2D eigenvalue weighted by molar-refractivity contribution is 0.0271. The van der Waals surface area contributed by atoms with Gasteiger partial charge in [-0.1, -0.05) is 5.21 Å². The number of rotatable bonds is 1. The Morgan fingerprint density at radius 1 is 1.28 bits per heavy atom.